The summed E-state index contributed by atoms with van der Waals surface area (Å²) in [6.45, 7) is 6.38. The minimum absolute atomic E-state index is 0.0494. The maximum Gasteiger partial charge on any atom is 0.225 e. The van der Waals surface area contributed by atoms with Gasteiger partial charge >= 0.3 is 0 Å². The number of carbonyl (C=O) groups is 2. The average Bonchev–Trinajstić information content (AvgIpc) is 2.87. The molecule has 0 aromatic rings. The summed E-state index contributed by atoms with van der Waals surface area (Å²) >= 11 is 0. The highest BCUT2D eigenvalue weighted by Gasteiger charge is 2.33. The first-order valence-electron chi connectivity index (χ1n) is 8.79. The van der Waals surface area contributed by atoms with Crippen LogP contribution in [0.1, 0.15) is 58.8 Å². The Hall–Kier alpha value is -1.32. The first-order valence-corrected chi connectivity index (χ1v) is 8.79. The van der Waals surface area contributed by atoms with E-state index in [1.165, 1.54) is 31.3 Å². The minimum atomic E-state index is -0.153. The van der Waals surface area contributed by atoms with Crippen molar-refractivity contribution in [3.8, 4) is 0 Å². The molecular weight excluding hydrogens is 276 g/mol. The summed E-state index contributed by atoms with van der Waals surface area (Å²) in [4.78, 5) is 26.1. The quantitative estimate of drug-likeness (QED) is 0.735. The van der Waals surface area contributed by atoms with Gasteiger partial charge in [0, 0.05) is 26.1 Å². The smallest absolute Gasteiger partial charge is 0.225 e. The summed E-state index contributed by atoms with van der Waals surface area (Å²) in [5, 5.41) is 2.97. The van der Waals surface area contributed by atoms with Crippen molar-refractivity contribution in [2.45, 2.75) is 58.8 Å². The van der Waals surface area contributed by atoms with Gasteiger partial charge in [-0.2, -0.15) is 0 Å². The molecule has 1 atom stereocenters. The van der Waals surface area contributed by atoms with Gasteiger partial charge in [-0.3, -0.25) is 9.59 Å². The molecule has 2 rings (SSSR count). The van der Waals surface area contributed by atoms with E-state index in [0.717, 1.165) is 19.4 Å². The van der Waals surface area contributed by atoms with E-state index in [1.807, 2.05) is 4.90 Å². The molecule has 4 nitrogen and oxygen atoms in total. The highest BCUT2D eigenvalue weighted by atomic mass is 16.2. The van der Waals surface area contributed by atoms with Crippen molar-refractivity contribution >= 4 is 11.8 Å². The maximum absolute atomic E-state index is 12.1. The van der Waals surface area contributed by atoms with Crippen LogP contribution in [0.3, 0.4) is 0 Å². The molecule has 1 unspecified atom stereocenters. The second kappa shape index (κ2) is 8.35. The van der Waals surface area contributed by atoms with Crippen molar-refractivity contribution in [3.63, 3.8) is 0 Å². The molecule has 1 saturated heterocycles. The SMILES string of the molecule is CC(C)CCNC(=O)C1CC(=O)N(CCC2=CCCCC2)C1. The van der Waals surface area contributed by atoms with Gasteiger partial charge in [0.25, 0.3) is 0 Å². The molecular formula is C18H30N2O2. The van der Waals surface area contributed by atoms with Crippen LogP contribution in [0.5, 0.6) is 0 Å². The third-order valence-electron chi connectivity index (χ3n) is 4.69. The number of hydrogen-bond acceptors (Lipinski definition) is 2. The topological polar surface area (TPSA) is 49.4 Å². The molecule has 22 heavy (non-hydrogen) atoms. The first kappa shape index (κ1) is 17.0. The van der Waals surface area contributed by atoms with Gasteiger partial charge in [0.05, 0.1) is 5.92 Å². The van der Waals surface area contributed by atoms with E-state index in [4.69, 9.17) is 0 Å². The molecule has 1 aliphatic carbocycles. The number of rotatable bonds is 7. The van der Waals surface area contributed by atoms with Crippen LogP contribution >= 0.6 is 0 Å². The zero-order valence-electron chi connectivity index (χ0n) is 14.1. The Balaban J connectivity index is 1.72. The monoisotopic (exact) mass is 306 g/mol. The van der Waals surface area contributed by atoms with E-state index in [-0.39, 0.29) is 17.7 Å². The highest BCUT2D eigenvalue weighted by molar-refractivity contribution is 5.89. The Bertz CT molecular complexity index is 429. The number of nitrogens with zero attached hydrogens (tertiary/aromatic N) is 1. The van der Waals surface area contributed by atoms with Crippen LogP contribution in [-0.2, 0) is 9.59 Å². The number of allylic oxidation sites excluding steroid dienone is 1. The zero-order chi connectivity index (χ0) is 15.9. The molecule has 0 aromatic heterocycles. The lowest BCUT2D eigenvalue weighted by Crippen LogP contribution is -2.34. The van der Waals surface area contributed by atoms with Gasteiger partial charge in [0.2, 0.25) is 11.8 Å². The van der Waals surface area contributed by atoms with Crippen molar-refractivity contribution in [2.24, 2.45) is 11.8 Å². The van der Waals surface area contributed by atoms with Crippen LogP contribution in [-0.4, -0.2) is 36.3 Å². The minimum Gasteiger partial charge on any atom is -0.356 e. The second-order valence-electron chi connectivity index (χ2n) is 7.07. The lowest BCUT2D eigenvalue weighted by Gasteiger charge is -2.19. The van der Waals surface area contributed by atoms with E-state index >= 15 is 0 Å². The van der Waals surface area contributed by atoms with Crippen molar-refractivity contribution in [3.05, 3.63) is 11.6 Å². The summed E-state index contributed by atoms with van der Waals surface area (Å²) in [6.07, 6.45) is 9.63. The first-order chi connectivity index (χ1) is 10.6. The van der Waals surface area contributed by atoms with Crippen molar-refractivity contribution in [1.29, 1.82) is 0 Å². The molecule has 0 saturated carbocycles. The van der Waals surface area contributed by atoms with Crippen LogP contribution in [0.4, 0.5) is 0 Å². The van der Waals surface area contributed by atoms with E-state index < -0.39 is 0 Å². The summed E-state index contributed by atoms with van der Waals surface area (Å²) in [5.41, 5.74) is 1.49. The van der Waals surface area contributed by atoms with Crippen molar-refractivity contribution < 1.29 is 9.59 Å². The largest absolute Gasteiger partial charge is 0.356 e. The van der Waals surface area contributed by atoms with Gasteiger partial charge in [-0.15, -0.1) is 0 Å². The number of carbonyl (C=O) groups excluding carboxylic acids is 2. The van der Waals surface area contributed by atoms with Crippen LogP contribution in [0, 0.1) is 11.8 Å². The number of hydrogen-bond donors (Lipinski definition) is 1. The Labute approximate surface area is 134 Å². The average molecular weight is 306 g/mol. The molecule has 1 N–H and O–H groups in total. The predicted molar refractivity (Wildman–Crippen MR) is 88.3 cm³/mol. The van der Waals surface area contributed by atoms with Crippen LogP contribution in [0.15, 0.2) is 11.6 Å². The molecule has 1 fully saturated rings. The van der Waals surface area contributed by atoms with Crippen molar-refractivity contribution in [2.75, 3.05) is 19.6 Å². The zero-order valence-corrected chi connectivity index (χ0v) is 14.1. The fourth-order valence-corrected chi connectivity index (χ4v) is 3.20. The van der Waals surface area contributed by atoms with E-state index in [9.17, 15) is 9.59 Å². The van der Waals surface area contributed by atoms with Gasteiger partial charge < -0.3 is 10.2 Å². The fraction of sp³-hybridized carbons (Fsp3) is 0.778. The number of likely N-dealkylation sites (tertiary alicyclic amines) is 1. The summed E-state index contributed by atoms with van der Waals surface area (Å²) < 4.78 is 0. The molecule has 0 aromatic carbocycles. The Kier molecular flexibility index (Phi) is 6.47. The molecule has 2 amide bonds. The van der Waals surface area contributed by atoms with Crippen LogP contribution < -0.4 is 5.32 Å². The Morgan fingerprint density at radius 3 is 2.91 bits per heavy atom. The molecule has 4 heteroatoms. The Morgan fingerprint density at radius 1 is 1.41 bits per heavy atom. The van der Waals surface area contributed by atoms with Crippen LogP contribution in [0.2, 0.25) is 0 Å². The van der Waals surface area contributed by atoms with Gasteiger partial charge in [0.1, 0.15) is 0 Å². The predicted octanol–water partition coefficient (Wildman–Crippen LogP) is 2.89. The maximum atomic E-state index is 12.1. The number of nitrogens with one attached hydrogen (secondary N) is 1. The fourth-order valence-electron chi connectivity index (χ4n) is 3.20. The molecule has 0 radical (unpaired) electrons. The van der Waals surface area contributed by atoms with Gasteiger partial charge in [-0.25, -0.2) is 0 Å². The molecule has 124 valence electrons. The standard InChI is InChI=1S/C18H30N2O2/c1-14(2)8-10-19-18(22)16-12-17(21)20(13-16)11-9-15-6-4-3-5-7-15/h6,14,16H,3-5,7-13H2,1-2H3,(H,19,22). The van der Waals surface area contributed by atoms with Gasteiger partial charge in [-0.05, 0) is 44.4 Å². The summed E-state index contributed by atoms with van der Waals surface area (Å²) in [5.74, 6) is 0.625. The molecule has 2 aliphatic rings. The molecule has 1 heterocycles. The third-order valence-corrected chi connectivity index (χ3v) is 4.69. The molecule has 0 spiro atoms. The lowest BCUT2D eigenvalue weighted by molar-refractivity contribution is -0.129. The van der Waals surface area contributed by atoms with E-state index in [0.29, 0.717) is 25.4 Å². The second-order valence-corrected chi connectivity index (χ2v) is 7.07. The summed E-state index contributed by atoms with van der Waals surface area (Å²) in [7, 11) is 0. The normalized spacial score (nSPS) is 22.1. The van der Waals surface area contributed by atoms with Crippen LogP contribution in [0.25, 0.3) is 0 Å². The van der Waals surface area contributed by atoms with Gasteiger partial charge in [-0.1, -0.05) is 25.5 Å². The summed E-state index contributed by atoms with van der Waals surface area (Å²) in [6, 6.07) is 0. The Morgan fingerprint density at radius 2 is 2.23 bits per heavy atom. The highest BCUT2D eigenvalue weighted by Crippen LogP contribution is 2.23. The number of amides is 2. The van der Waals surface area contributed by atoms with Gasteiger partial charge in [0.15, 0.2) is 0 Å². The van der Waals surface area contributed by atoms with E-state index in [1.54, 1.807) is 0 Å². The molecule has 0 bridgehead atoms. The molecule has 1 aliphatic heterocycles. The third kappa shape index (κ3) is 5.15. The van der Waals surface area contributed by atoms with E-state index in [2.05, 4.69) is 25.2 Å². The lowest BCUT2D eigenvalue weighted by atomic mass is 9.97. The van der Waals surface area contributed by atoms with Crippen molar-refractivity contribution in [1.82, 2.24) is 10.2 Å².